The zero-order valence-electron chi connectivity index (χ0n) is 9.98. The molecule has 1 fully saturated rings. The van der Waals surface area contributed by atoms with Crippen LogP contribution in [-0.4, -0.2) is 30.2 Å². The highest BCUT2D eigenvalue weighted by Gasteiger charge is 2.31. The zero-order valence-corrected chi connectivity index (χ0v) is 9.98. The van der Waals surface area contributed by atoms with Gasteiger partial charge < -0.3 is 15.4 Å². The van der Waals surface area contributed by atoms with Crippen LogP contribution in [-0.2, 0) is 17.5 Å². The second-order valence-electron chi connectivity index (χ2n) is 4.32. The van der Waals surface area contributed by atoms with Crippen molar-refractivity contribution in [1.82, 2.24) is 4.90 Å². The van der Waals surface area contributed by atoms with Gasteiger partial charge in [0.2, 0.25) is 0 Å². The maximum Gasteiger partial charge on any atom is 0.416 e. The van der Waals surface area contributed by atoms with Crippen LogP contribution in [0.25, 0.3) is 0 Å². The summed E-state index contributed by atoms with van der Waals surface area (Å²) in [5.41, 5.74) is 5.30. The van der Waals surface area contributed by atoms with Crippen molar-refractivity contribution in [1.29, 1.82) is 0 Å². The third-order valence-electron chi connectivity index (χ3n) is 2.87. The van der Waals surface area contributed by atoms with Gasteiger partial charge in [-0.2, -0.15) is 13.2 Å². The smallest absolute Gasteiger partial charge is 0.416 e. The van der Waals surface area contributed by atoms with E-state index in [9.17, 15) is 18.0 Å². The van der Waals surface area contributed by atoms with Gasteiger partial charge in [-0.1, -0.05) is 12.1 Å². The van der Waals surface area contributed by atoms with Gasteiger partial charge in [-0.25, -0.2) is 4.79 Å². The van der Waals surface area contributed by atoms with E-state index in [4.69, 9.17) is 10.5 Å². The molecule has 0 spiro atoms. The van der Waals surface area contributed by atoms with Crippen LogP contribution in [0.2, 0.25) is 0 Å². The van der Waals surface area contributed by atoms with Gasteiger partial charge in [-0.15, -0.1) is 0 Å². The predicted octanol–water partition coefficient (Wildman–Crippen LogP) is 1.98. The Morgan fingerprint density at radius 2 is 1.95 bits per heavy atom. The van der Waals surface area contributed by atoms with Gasteiger partial charge in [0.25, 0.3) is 0 Å². The van der Waals surface area contributed by atoms with E-state index in [-0.39, 0.29) is 19.2 Å². The molecule has 1 aliphatic rings. The minimum absolute atomic E-state index is 0.216. The summed E-state index contributed by atoms with van der Waals surface area (Å²) in [7, 11) is 0. The van der Waals surface area contributed by atoms with E-state index in [1.807, 2.05) is 0 Å². The van der Waals surface area contributed by atoms with E-state index in [1.54, 1.807) is 0 Å². The van der Waals surface area contributed by atoms with E-state index in [0.29, 0.717) is 12.1 Å². The number of halogens is 3. The molecule has 19 heavy (non-hydrogen) atoms. The van der Waals surface area contributed by atoms with Gasteiger partial charge in [-0.3, -0.25) is 0 Å². The number of benzene rings is 1. The van der Waals surface area contributed by atoms with Gasteiger partial charge in [0.05, 0.1) is 12.1 Å². The molecule has 1 atom stereocenters. The molecule has 0 unspecified atom stereocenters. The van der Waals surface area contributed by atoms with Crippen molar-refractivity contribution in [3.8, 4) is 0 Å². The van der Waals surface area contributed by atoms with Crippen LogP contribution in [0.1, 0.15) is 11.1 Å². The summed E-state index contributed by atoms with van der Waals surface area (Å²) < 4.78 is 42.1. The number of carbonyl (C=O) groups is 1. The fourth-order valence-corrected chi connectivity index (χ4v) is 1.85. The highest BCUT2D eigenvalue weighted by Crippen LogP contribution is 2.29. The van der Waals surface area contributed by atoms with Gasteiger partial charge in [0.15, 0.2) is 0 Å². The molecule has 2 N–H and O–H groups in total. The minimum Gasteiger partial charge on any atom is -0.443 e. The Balaban J connectivity index is 2.02. The number of rotatable bonds is 3. The third-order valence-corrected chi connectivity index (χ3v) is 2.87. The first-order valence-electron chi connectivity index (χ1n) is 5.72. The molecule has 1 aromatic carbocycles. The number of carbonyl (C=O) groups excluding carboxylic acids is 1. The molecular weight excluding hydrogens is 261 g/mol. The van der Waals surface area contributed by atoms with Gasteiger partial charge in [0, 0.05) is 13.1 Å². The minimum atomic E-state index is -4.35. The highest BCUT2D eigenvalue weighted by atomic mass is 19.4. The van der Waals surface area contributed by atoms with Crippen LogP contribution in [0.4, 0.5) is 18.0 Å². The molecule has 4 nitrogen and oxygen atoms in total. The van der Waals surface area contributed by atoms with Crippen molar-refractivity contribution in [2.75, 3.05) is 13.1 Å². The molecule has 1 amide bonds. The molecule has 2 rings (SSSR count). The van der Waals surface area contributed by atoms with Crippen molar-refractivity contribution < 1.29 is 22.7 Å². The van der Waals surface area contributed by atoms with Crippen LogP contribution in [0.5, 0.6) is 0 Å². The first kappa shape index (κ1) is 13.7. The van der Waals surface area contributed by atoms with Crippen molar-refractivity contribution in [3.05, 3.63) is 35.4 Å². The molecule has 1 aromatic rings. The summed E-state index contributed by atoms with van der Waals surface area (Å²) in [6, 6.07) is 4.70. The second-order valence-corrected chi connectivity index (χ2v) is 4.32. The van der Waals surface area contributed by atoms with E-state index in [0.717, 1.165) is 12.1 Å². The van der Waals surface area contributed by atoms with Crippen LogP contribution >= 0.6 is 0 Å². The van der Waals surface area contributed by atoms with E-state index < -0.39 is 17.8 Å². The van der Waals surface area contributed by atoms with E-state index in [1.165, 1.54) is 17.0 Å². The normalized spacial score (nSPS) is 19.7. The zero-order chi connectivity index (χ0) is 14.0. The van der Waals surface area contributed by atoms with Gasteiger partial charge in [0.1, 0.15) is 6.10 Å². The molecule has 104 valence electrons. The standard InChI is InChI=1S/C12H13F3N2O2/c13-12(14,15)9-3-1-8(2-4-9)6-17-7-10(5-16)19-11(17)18/h1-4,10H,5-7,16H2/t10-/m0/s1. The average molecular weight is 274 g/mol. The molecule has 1 aliphatic heterocycles. The number of hydrogen-bond acceptors (Lipinski definition) is 3. The summed E-state index contributed by atoms with van der Waals surface area (Å²) >= 11 is 0. The Hall–Kier alpha value is -1.76. The Labute approximate surface area is 107 Å². The Morgan fingerprint density at radius 3 is 2.42 bits per heavy atom. The molecule has 0 aromatic heterocycles. The summed E-state index contributed by atoms with van der Waals surface area (Å²) in [5.74, 6) is 0. The van der Waals surface area contributed by atoms with Crippen LogP contribution in [0, 0.1) is 0 Å². The molecule has 0 bridgehead atoms. The number of nitrogens with two attached hydrogens (primary N) is 1. The largest absolute Gasteiger partial charge is 0.443 e. The lowest BCUT2D eigenvalue weighted by atomic mass is 10.1. The third kappa shape index (κ3) is 3.17. The summed E-state index contributed by atoms with van der Waals surface area (Å²) in [6.45, 7) is 0.805. The van der Waals surface area contributed by atoms with Crippen LogP contribution in [0.3, 0.4) is 0 Å². The van der Waals surface area contributed by atoms with Crippen LogP contribution < -0.4 is 5.73 Å². The van der Waals surface area contributed by atoms with E-state index in [2.05, 4.69) is 0 Å². The second kappa shape index (κ2) is 5.08. The molecule has 0 radical (unpaired) electrons. The molecule has 0 saturated carbocycles. The lowest BCUT2D eigenvalue weighted by Crippen LogP contribution is -2.27. The fraction of sp³-hybridized carbons (Fsp3) is 0.417. The maximum absolute atomic E-state index is 12.4. The quantitative estimate of drug-likeness (QED) is 0.917. The molecule has 1 heterocycles. The molecule has 0 aliphatic carbocycles. The molecule has 1 saturated heterocycles. The first-order chi connectivity index (χ1) is 8.90. The van der Waals surface area contributed by atoms with Crippen molar-refractivity contribution in [3.63, 3.8) is 0 Å². The Morgan fingerprint density at radius 1 is 1.32 bits per heavy atom. The van der Waals surface area contributed by atoms with E-state index >= 15 is 0 Å². The lowest BCUT2D eigenvalue weighted by Gasteiger charge is -2.13. The monoisotopic (exact) mass is 274 g/mol. The number of nitrogens with zero attached hydrogens (tertiary/aromatic N) is 1. The lowest BCUT2D eigenvalue weighted by molar-refractivity contribution is -0.137. The topological polar surface area (TPSA) is 55.6 Å². The number of ether oxygens (including phenoxy) is 1. The summed E-state index contributed by atoms with van der Waals surface area (Å²) in [6.07, 6.45) is -5.19. The SMILES string of the molecule is NC[C@H]1CN(Cc2ccc(C(F)(F)F)cc2)C(=O)O1. The predicted molar refractivity (Wildman–Crippen MR) is 61.2 cm³/mol. The maximum atomic E-state index is 12.4. The van der Waals surface area contributed by atoms with Crippen LogP contribution in [0.15, 0.2) is 24.3 Å². The Bertz CT molecular complexity index is 459. The van der Waals surface area contributed by atoms with Crippen molar-refractivity contribution >= 4 is 6.09 Å². The van der Waals surface area contributed by atoms with Gasteiger partial charge in [-0.05, 0) is 17.7 Å². The molecular formula is C12H13F3N2O2. The fourth-order valence-electron chi connectivity index (χ4n) is 1.85. The number of hydrogen-bond donors (Lipinski definition) is 1. The Kier molecular flexibility index (Phi) is 3.66. The summed E-state index contributed by atoms with van der Waals surface area (Å²) in [4.78, 5) is 12.9. The summed E-state index contributed by atoms with van der Waals surface area (Å²) in [5, 5.41) is 0. The van der Waals surface area contributed by atoms with Crippen molar-refractivity contribution in [2.24, 2.45) is 5.73 Å². The number of cyclic esters (lactones) is 1. The van der Waals surface area contributed by atoms with Crippen molar-refractivity contribution in [2.45, 2.75) is 18.8 Å². The molecule has 7 heteroatoms. The number of alkyl halides is 3. The average Bonchev–Trinajstić information content (AvgIpc) is 2.70. The number of amides is 1. The van der Waals surface area contributed by atoms with Gasteiger partial charge >= 0.3 is 12.3 Å². The highest BCUT2D eigenvalue weighted by molar-refractivity contribution is 5.69. The first-order valence-corrected chi connectivity index (χ1v) is 5.72.